The van der Waals surface area contributed by atoms with Crippen LogP contribution in [0.4, 0.5) is 8.78 Å². The lowest BCUT2D eigenvalue weighted by Gasteiger charge is -2.16. The number of phenols is 1. The first kappa shape index (κ1) is 29.9. The first-order valence-electron chi connectivity index (χ1n) is 11.1. The van der Waals surface area contributed by atoms with E-state index in [2.05, 4.69) is 9.82 Å². The van der Waals surface area contributed by atoms with Gasteiger partial charge in [0.05, 0.1) is 22.0 Å². The zero-order chi connectivity index (χ0) is 29.6. The number of phenolic OH excluding ortho intramolecular Hbond substituents is 1. The Hall–Kier alpha value is -3.09. The van der Waals surface area contributed by atoms with Crippen molar-refractivity contribution in [1.29, 1.82) is 0 Å². The number of H-pyrrole nitrogens is 1. The van der Waals surface area contributed by atoms with Crippen molar-refractivity contribution in [3.63, 3.8) is 0 Å². The fourth-order valence-corrected chi connectivity index (χ4v) is 6.61. The third-order valence-electron chi connectivity index (χ3n) is 5.67. The van der Waals surface area contributed by atoms with Gasteiger partial charge in [-0.2, -0.15) is 9.78 Å². The minimum Gasteiger partial charge on any atom is -0.507 e. The van der Waals surface area contributed by atoms with Crippen molar-refractivity contribution < 1.29 is 35.5 Å². The lowest BCUT2D eigenvalue weighted by molar-refractivity contribution is 0.141. The summed E-state index contributed by atoms with van der Waals surface area (Å²) in [6, 6.07) is 4.64. The van der Waals surface area contributed by atoms with Gasteiger partial charge in [-0.15, -0.1) is 0 Å². The summed E-state index contributed by atoms with van der Waals surface area (Å²) in [5, 5.41) is 13.1. The van der Waals surface area contributed by atoms with Gasteiger partial charge in [-0.3, -0.25) is 9.78 Å². The van der Waals surface area contributed by atoms with Crippen molar-refractivity contribution in [3.05, 3.63) is 66.9 Å². The molecule has 2 heterocycles. The number of sulfonamides is 2. The molecule has 216 valence electrons. The molecule has 1 fully saturated rings. The van der Waals surface area contributed by atoms with Gasteiger partial charge in [0.1, 0.15) is 16.4 Å². The van der Waals surface area contributed by atoms with Crippen LogP contribution in [0.15, 0.2) is 44.8 Å². The molecule has 19 heteroatoms. The van der Waals surface area contributed by atoms with Crippen LogP contribution in [0.3, 0.4) is 0 Å². The first-order chi connectivity index (χ1) is 18.6. The van der Waals surface area contributed by atoms with Crippen molar-refractivity contribution in [1.82, 2.24) is 23.8 Å². The second kappa shape index (κ2) is 11.1. The first-order valence-corrected chi connectivity index (χ1v) is 15.1. The zero-order valence-corrected chi connectivity index (χ0v) is 23.3. The average molecular weight is 642 g/mol. The van der Waals surface area contributed by atoms with Crippen LogP contribution in [0, 0.1) is 0 Å². The average Bonchev–Trinajstić information content (AvgIpc) is 3.30. The van der Waals surface area contributed by atoms with E-state index >= 15 is 0 Å². The molecule has 4 rings (SSSR count). The highest BCUT2D eigenvalue weighted by Gasteiger charge is 2.32. The number of alkyl halides is 2. The smallest absolute Gasteiger partial charge is 0.349 e. The number of hydrogen-bond donors (Lipinski definition) is 3. The summed E-state index contributed by atoms with van der Waals surface area (Å²) in [6.45, 7) is 0.0386. The predicted octanol–water partition coefficient (Wildman–Crippen LogP) is 1.98. The lowest BCUT2D eigenvalue weighted by Crippen LogP contribution is -2.38. The topological polar surface area (TPSA) is 181 Å². The standard InChI is InChI=1S/C21H19Cl2F2N5O8S2/c1-39(34,35)29-5-4-10(9-29)28-40(36,37)16-8-12(2-3-15(16)31)38-18-13(22)6-11(7-14(18)23)30-21(33)26-20(32)17(27-30)19(24)25/h2-3,6-8,10,19,28,31H,4-5,9H2,1H3,(H,26,32,33)/t10-/m0/s1. The number of halogens is 4. The molecular formula is C21H19Cl2F2N5O8S2. The minimum absolute atomic E-state index is 0.0847. The predicted molar refractivity (Wildman–Crippen MR) is 139 cm³/mol. The molecule has 3 aromatic rings. The second-order valence-corrected chi connectivity index (χ2v) is 13.0. The van der Waals surface area contributed by atoms with E-state index in [-0.39, 0.29) is 46.7 Å². The summed E-state index contributed by atoms with van der Waals surface area (Å²) in [5.74, 6) is -0.984. The molecule has 40 heavy (non-hydrogen) atoms. The van der Waals surface area contributed by atoms with E-state index < -0.39 is 60.1 Å². The van der Waals surface area contributed by atoms with Gasteiger partial charge in [-0.1, -0.05) is 23.2 Å². The third kappa shape index (κ3) is 6.29. The van der Waals surface area contributed by atoms with Gasteiger partial charge in [0, 0.05) is 25.2 Å². The Morgan fingerprint density at radius 2 is 1.80 bits per heavy atom. The number of aromatic nitrogens is 3. The Bertz CT molecular complexity index is 1790. The van der Waals surface area contributed by atoms with Gasteiger partial charge in [-0.25, -0.2) is 39.4 Å². The second-order valence-electron chi connectivity index (χ2n) is 8.56. The Morgan fingerprint density at radius 1 is 1.15 bits per heavy atom. The number of benzene rings is 2. The molecule has 0 saturated carbocycles. The number of rotatable bonds is 8. The number of aromatic amines is 1. The summed E-state index contributed by atoms with van der Waals surface area (Å²) in [6.07, 6.45) is -2.05. The van der Waals surface area contributed by atoms with Crippen molar-refractivity contribution in [2.45, 2.75) is 23.8 Å². The lowest BCUT2D eigenvalue weighted by atomic mass is 10.3. The van der Waals surface area contributed by atoms with E-state index in [4.69, 9.17) is 27.9 Å². The molecule has 0 radical (unpaired) electrons. The summed E-state index contributed by atoms with van der Waals surface area (Å²) in [7, 11) is -7.86. The summed E-state index contributed by atoms with van der Waals surface area (Å²) in [4.78, 5) is 24.8. The van der Waals surface area contributed by atoms with Crippen molar-refractivity contribution in [2.24, 2.45) is 0 Å². The molecule has 0 spiro atoms. The van der Waals surface area contributed by atoms with Gasteiger partial charge < -0.3 is 9.84 Å². The SMILES string of the molecule is CS(=O)(=O)N1CC[C@H](NS(=O)(=O)c2cc(Oc3c(Cl)cc(-n4nc(C(F)F)c(=O)[nH]c4=O)cc3Cl)ccc2O)C1. The van der Waals surface area contributed by atoms with Gasteiger partial charge in [0.25, 0.3) is 12.0 Å². The van der Waals surface area contributed by atoms with E-state index in [9.17, 15) is 40.3 Å². The molecule has 2 aromatic carbocycles. The Balaban J connectivity index is 1.62. The highest BCUT2D eigenvalue weighted by Crippen LogP contribution is 2.39. The molecule has 13 nitrogen and oxygen atoms in total. The molecule has 1 aromatic heterocycles. The van der Waals surface area contributed by atoms with Crippen molar-refractivity contribution in [3.8, 4) is 22.9 Å². The fraction of sp³-hybridized carbons (Fsp3) is 0.286. The van der Waals surface area contributed by atoms with E-state index in [1.807, 2.05) is 0 Å². The van der Waals surface area contributed by atoms with E-state index in [0.29, 0.717) is 4.68 Å². The molecule has 0 amide bonds. The maximum absolute atomic E-state index is 13.1. The van der Waals surface area contributed by atoms with Crippen LogP contribution in [-0.2, 0) is 20.0 Å². The van der Waals surface area contributed by atoms with E-state index in [0.717, 1.165) is 34.8 Å². The van der Waals surface area contributed by atoms with E-state index in [1.54, 1.807) is 4.98 Å². The van der Waals surface area contributed by atoms with Gasteiger partial charge in [0.15, 0.2) is 11.4 Å². The maximum atomic E-state index is 13.1. The van der Waals surface area contributed by atoms with Crippen LogP contribution >= 0.6 is 23.2 Å². The summed E-state index contributed by atoms with van der Waals surface area (Å²) in [5.41, 5.74) is -3.90. The summed E-state index contributed by atoms with van der Waals surface area (Å²) >= 11 is 12.5. The van der Waals surface area contributed by atoms with Crippen LogP contribution in [-0.4, -0.2) is 66.4 Å². The largest absolute Gasteiger partial charge is 0.507 e. The number of ether oxygens (including phenoxy) is 1. The maximum Gasteiger partial charge on any atom is 0.349 e. The number of hydrogen-bond acceptors (Lipinski definition) is 9. The molecule has 0 bridgehead atoms. The molecule has 1 atom stereocenters. The van der Waals surface area contributed by atoms with E-state index in [1.165, 1.54) is 6.07 Å². The minimum atomic E-state index is -4.34. The van der Waals surface area contributed by atoms with Crippen LogP contribution < -0.4 is 20.7 Å². The molecule has 1 aliphatic heterocycles. The van der Waals surface area contributed by atoms with Gasteiger partial charge >= 0.3 is 5.69 Å². The molecule has 0 aliphatic carbocycles. The van der Waals surface area contributed by atoms with Crippen LogP contribution in [0.1, 0.15) is 18.5 Å². The van der Waals surface area contributed by atoms with Crippen LogP contribution in [0.25, 0.3) is 5.69 Å². The summed E-state index contributed by atoms with van der Waals surface area (Å²) < 4.78 is 85.1. The zero-order valence-electron chi connectivity index (χ0n) is 20.1. The highest BCUT2D eigenvalue weighted by atomic mass is 35.5. The Kier molecular flexibility index (Phi) is 8.26. The molecular weight excluding hydrogens is 623 g/mol. The van der Waals surface area contributed by atoms with Crippen molar-refractivity contribution in [2.75, 3.05) is 19.3 Å². The molecule has 3 N–H and O–H groups in total. The van der Waals surface area contributed by atoms with Gasteiger partial charge in [0.2, 0.25) is 20.0 Å². The number of nitrogens with zero attached hydrogens (tertiary/aromatic N) is 3. The fourth-order valence-electron chi connectivity index (χ4n) is 3.80. The van der Waals surface area contributed by atoms with Crippen LogP contribution in [0.5, 0.6) is 17.2 Å². The monoisotopic (exact) mass is 641 g/mol. The third-order valence-corrected chi connectivity index (χ3v) is 9.05. The van der Waals surface area contributed by atoms with Gasteiger partial charge in [-0.05, 0) is 30.7 Å². The molecule has 1 saturated heterocycles. The molecule has 1 aliphatic rings. The quantitative estimate of drug-likeness (QED) is 0.331. The highest BCUT2D eigenvalue weighted by molar-refractivity contribution is 7.89. The molecule has 0 unspecified atom stereocenters. The number of aromatic hydroxyl groups is 1. The Morgan fingerprint density at radius 3 is 2.38 bits per heavy atom. The normalized spacial score (nSPS) is 16.5. The van der Waals surface area contributed by atoms with Crippen LogP contribution in [0.2, 0.25) is 10.0 Å². The number of nitrogens with one attached hydrogen (secondary N) is 2. The Labute approximate surface area is 235 Å². The van der Waals surface area contributed by atoms with Crippen molar-refractivity contribution >= 4 is 43.2 Å².